The lowest BCUT2D eigenvalue weighted by atomic mass is 10.1. The number of hydrogen-bond acceptors (Lipinski definition) is 7. The number of guanidine groups is 1. The van der Waals surface area contributed by atoms with Crippen molar-refractivity contribution in [2.75, 3.05) is 26.2 Å². The van der Waals surface area contributed by atoms with Crippen LogP contribution in [0.15, 0.2) is 4.99 Å². The van der Waals surface area contributed by atoms with Gasteiger partial charge in [0.05, 0.1) is 19.1 Å². The number of aliphatic imine (C=N–C) groups is 1. The first kappa shape index (κ1) is 26.1. The molecule has 0 radical (unpaired) electrons. The van der Waals surface area contributed by atoms with Crippen LogP contribution >= 0.6 is 0 Å². The fourth-order valence-electron chi connectivity index (χ4n) is 2.19. The van der Waals surface area contributed by atoms with Crippen LogP contribution in [-0.2, 0) is 19.2 Å². The first-order valence-corrected chi connectivity index (χ1v) is 9.25. The highest BCUT2D eigenvalue weighted by Gasteiger charge is 2.20. The molecule has 0 aromatic rings. The van der Waals surface area contributed by atoms with Crippen molar-refractivity contribution >= 4 is 29.7 Å². The van der Waals surface area contributed by atoms with E-state index in [9.17, 15) is 19.2 Å². The van der Waals surface area contributed by atoms with Gasteiger partial charge in [-0.1, -0.05) is 0 Å². The van der Waals surface area contributed by atoms with Crippen LogP contribution in [0.2, 0.25) is 0 Å². The molecule has 0 aromatic heterocycles. The summed E-state index contributed by atoms with van der Waals surface area (Å²) in [5, 5.41) is 16.0. The van der Waals surface area contributed by atoms with Crippen molar-refractivity contribution in [1.82, 2.24) is 16.0 Å². The molecule has 0 saturated carbocycles. The molecule has 0 aromatic carbocycles. The fraction of sp³-hybridized carbons (Fsp3) is 0.688. The molecule has 0 aliphatic heterocycles. The maximum absolute atomic E-state index is 11.8. The smallest absolute Gasteiger partial charge is 0.326 e. The average Bonchev–Trinajstić information content (AvgIpc) is 2.66. The van der Waals surface area contributed by atoms with Gasteiger partial charge in [-0.15, -0.1) is 0 Å². The summed E-state index contributed by atoms with van der Waals surface area (Å²) in [4.78, 5) is 50.2. The molecule has 0 heterocycles. The number of carboxylic acid groups (broad SMARTS) is 1. The third kappa shape index (κ3) is 13.8. The van der Waals surface area contributed by atoms with Gasteiger partial charge in [-0.05, 0) is 38.6 Å². The van der Waals surface area contributed by atoms with Gasteiger partial charge in [-0.25, -0.2) is 4.79 Å². The standard InChI is InChI=1S/C16H32N8O5/c17-6-2-1-5-11(15(28)29)24-13(26)9-22-12(25)8-23-14(27)10(18)4-3-7-21-16(19)20/h10-11H,1-9,17-18H2,(H,22,25)(H,23,27)(H,24,26)(H,28,29)(H4,19,20,21). The van der Waals surface area contributed by atoms with Crippen LogP contribution in [0.5, 0.6) is 0 Å². The molecule has 166 valence electrons. The van der Waals surface area contributed by atoms with E-state index in [1.54, 1.807) is 0 Å². The number of carbonyl (C=O) groups is 4. The maximum atomic E-state index is 11.8. The van der Waals surface area contributed by atoms with Crippen molar-refractivity contribution in [2.45, 2.75) is 44.2 Å². The van der Waals surface area contributed by atoms with E-state index in [-0.39, 0.29) is 18.9 Å². The molecule has 0 aliphatic carbocycles. The van der Waals surface area contributed by atoms with E-state index in [1.807, 2.05) is 0 Å². The van der Waals surface area contributed by atoms with Crippen LogP contribution in [0.1, 0.15) is 32.1 Å². The zero-order chi connectivity index (χ0) is 22.2. The molecule has 13 nitrogen and oxygen atoms in total. The van der Waals surface area contributed by atoms with Gasteiger partial charge in [0.2, 0.25) is 17.7 Å². The van der Waals surface area contributed by atoms with E-state index in [4.69, 9.17) is 28.0 Å². The van der Waals surface area contributed by atoms with Crippen LogP contribution in [0.25, 0.3) is 0 Å². The number of aliphatic carboxylic acids is 1. The Labute approximate surface area is 169 Å². The topological polar surface area (TPSA) is 241 Å². The Hall–Kier alpha value is -2.93. The van der Waals surface area contributed by atoms with Gasteiger partial charge in [-0.2, -0.15) is 0 Å². The van der Waals surface area contributed by atoms with Gasteiger partial charge in [0.25, 0.3) is 0 Å². The molecule has 12 N–H and O–H groups in total. The molecule has 0 saturated heterocycles. The van der Waals surface area contributed by atoms with Crippen molar-refractivity contribution in [2.24, 2.45) is 27.9 Å². The van der Waals surface area contributed by atoms with Gasteiger partial charge in [0.15, 0.2) is 5.96 Å². The number of rotatable bonds is 15. The Morgan fingerprint density at radius 1 is 0.931 bits per heavy atom. The van der Waals surface area contributed by atoms with Crippen LogP contribution in [0.4, 0.5) is 0 Å². The molecule has 3 amide bonds. The van der Waals surface area contributed by atoms with E-state index in [0.29, 0.717) is 38.8 Å². The number of unbranched alkanes of at least 4 members (excludes halogenated alkanes) is 1. The molecule has 0 spiro atoms. The minimum atomic E-state index is -1.16. The Morgan fingerprint density at radius 3 is 2.17 bits per heavy atom. The van der Waals surface area contributed by atoms with Gasteiger partial charge >= 0.3 is 5.97 Å². The first-order valence-electron chi connectivity index (χ1n) is 9.25. The molecule has 0 rings (SSSR count). The zero-order valence-electron chi connectivity index (χ0n) is 16.4. The van der Waals surface area contributed by atoms with Crippen LogP contribution in [-0.4, -0.2) is 73.0 Å². The summed E-state index contributed by atoms with van der Waals surface area (Å²) < 4.78 is 0. The zero-order valence-corrected chi connectivity index (χ0v) is 16.4. The van der Waals surface area contributed by atoms with Crippen molar-refractivity contribution in [3.8, 4) is 0 Å². The second-order valence-corrected chi connectivity index (χ2v) is 6.29. The molecule has 0 fully saturated rings. The minimum Gasteiger partial charge on any atom is -0.480 e. The van der Waals surface area contributed by atoms with Gasteiger partial charge in [0, 0.05) is 6.54 Å². The number of carboxylic acids is 1. The van der Waals surface area contributed by atoms with Crippen LogP contribution in [0.3, 0.4) is 0 Å². The highest BCUT2D eigenvalue weighted by atomic mass is 16.4. The third-order valence-corrected chi connectivity index (χ3v) is 3.75. The van der Waals surface area contributed by atoms with Gasteiger partial charge < -0.3 is 44.0 Å². The van der Waals surface area contributed by atoms with Gasteiger partial charge in [0.1, 0.15) is 6.04 Å². The van der Waals surface area contributed by atoms with Crippen LogP contribution < -0.4 is 38.9 Å². The SMILES string of the molecule is NCCCCC(NC(=O)CNC(=O)CNC(=O)C(N)CCCN=C(N)N)C(=O)O. The average molecular weight is 416 g/mol. The Morgan fingerprint density at radius 2 is 1.59 bits per heavy atom. The summed E-state index contributed by atoms with van der Waals surface area (Å²) in [7, 11) is 0. The summed E-state index contributed by atoms with van der Waals surface area (Å²) in [5.74, 6) is -3.01. The lowest BCUT2D eigenvalue weighted by molar-refractivity contribution is -0.142. The van der Waals surface area contributed by atoms with E-state index in [1.165, 1.54) is 0 Å². The molecule has 2 atom stereocenters. The quantitative estimate of drug-likeness (QED) is 0.0742. The number of nitrogens with zero attached hydrogens (tertiary/aromatic N) is 1. The van der Waals surface area contributed by atoms with Crippen molar-refractivity contribution in [1.29, 1.82) is 0 Å². The minimum absolute atomic E-state index is 0.0473. The Balaban J connectivity index is 4.11. The lowest BCUT2D eigenvalue weighted by Crippen LogP contribution is -2.48. The Bertz CT molecular complexity index is 580. The third-order valence-electron chi connectivity index (χ3n) is 3.75. The predicted octanol–water partition coefficient (Wildman–Crippen LogP) is -3.70. The summed E-state index contributed by atoms with van der Waals surface area (Å²) >= 11 is 0. The largest absolute Gasteiger partial charge is 0.480 e. The van der Waals surface area contributed by atoms with Crippen molar-refractivity contribution < 1.29 is 24.3 Å². The van der Waals surface area contributed by atoms with E-state index >= 15 is 0 Å². The van der Waals surface area contributed by atoms with Crippen molar-refractivity contribution in [3.63, 3.8) is 0 Å². The summed E-state index contributed by atoms with van der Waals surface area (Å²) in [6.07, 6.45) is 2.26. The lowest BCUT2D eigenvalue weighted by Gasteiger charge is -2.15. The normalized spacial score (nSPS) is 12.3. The van der Waals surface area contributed by atoms with Gasteiger partial charge in [-0.3, -0.25) is 19.4 Å². The van der Waals surface area contributed by atoms with Crippen molar-refractivity contribution in [3.05, 3.63) is 0 Å². The summed E-state index contributed by atoms with van der Waals surface area (Å²) in [5.41, 5.74) is 21.4. The number of nitrogens with one attached hydrogen (secondary N) is 3. The molecule has 2 unspecified atom stereocenters. The highest BCUT2D eigenvalue weighted by Crippen LogP contribution is 2.00. The number of amides is 3. The molecule has 0 bridgehead atoms. The first-order chi connectivity index (χ1) is 13.7. The number of nitrogens with two attached hydrogens (primary N) is 4. The summed E-state index contributed by atoms with van der Waals surface area (Å²) in [6, 6.07) is -1.88. The highest BCUT2D eigenvalue weighted by molar-refractivity contribution is 5.90. The van der Waals surface area contributed by atoms with E-state index in [0.717, 1.165) is 0 Å². The van der Waals surface area contributed by atoms with E-state index < -0.39 is 42.3 Å². The predicted molar refractivity (Wildman–Crippen MR) is 106 cm³/mol. The molecular formula is C16H32N8O5. The summed E-state index contributed by atoms with van der Waals surface area (Å²) in [6.45, 7) is -0.0169. The number of hydrogen-bond donors (Lipinski definition) is 8. The molecule has 13 heteroatoms. The molecule has 0 aliphatic rings. The molecular weight excluding hydrogens is 384 g/mol. The number of carbonyl (C=O) groups excluding carboxylic acids is 3. The second kappa shape index (κ2) is 15.0. The monoisotopic (exact) mass is 416 g/mol. The van der Waals surface area contributed by atoms with Crippen LogP contribution in [0, 0.1) is 0 Å². The van der Waals surface area contributed by atoms with E-state index in [2.05, 4.69) is 20.9 Å². The second-order valence-electron chi connectivity index (χ2n) is 6.29. The fourth-order valence-corrected chi connectivity index (χ4v) is 2.19. The maximum Gasteiger partial charge on any atom is 0.326 e. The Kier molecular flexibility index (Phi) is 13.5. The molecule has 29 heavy (non-hydrogen) atoms.